The van der Waals surface area contributed by atoms with Crippen LogP contribution in [-0.2, 0) is 9.47 Å². The van der Waals surface area contributed by atoms with Gasteiger partial charge in [-0.3, -0.25) is 10.1 Å². The van der Waals surface area contributed by atoms with Gasteiger partial charge < -0.3 is 14.8 Å². The molecule has 2 aromatic rings. The molecule has 1 amide bonds. The lowest BCUT2D eigenvalue weighted by Crippen LogP contribution is -2.36. The van der Waals surface area contributed by atoms with E-state index in [1.165, 1.54) is 19.2 Å². The van der Waals surface area contributed by atoms with Crippen molar-refractivity contribution in [1.82, 2.24) is 5.32 Å². The number of amides is 1. The predicted molar refractivity (Wildman–Crippen MR) is 116 cm³/mol. The van der Waals surface area contributed by atoms with Crippen LogP contribution in [0.3, 0.4) is 0 Å². The molecule has 1 aliphatic rings. The Labute approximate surface area is 180 Å². The fourth-order valence-electron chi connectivity index (χ4n) is 3.00. The Kier molecular flexibility index (Phi) is 7.43. The van der Waals surface area contributed by atoms with Crippen molar-refractivity contribution in [3.05, 3.63) is 64.2 Å². The second-order valence-electron chi connectivity index (χ2n) is 6.96. The van der Waals surface area contributed by atoms with Gasteiger partial charge in [0.1, 0.15) is 0 Å². The Morgan fingerprint density at radius 2 is 1.93 bits per heavy atom. The van der Waals surface area contributed by atoms with Gasteiger partial charge >= 0.3 is 5.97 Å². The van der Waals surface area contributed by atoms with Crippen LogP contribution in [0.5, 0.6) is 0 Å². The van der Waals surface area contributed by atoms with Gasteiger partial charge in [0.25, 0.3) is 5.91 Å². The first kappa shape index (κ1) is 21.8. The number of nitrogens with zero attached hydrogens (tertiary/aromatic N) is 1. The van der Waals surface area contributed by atoms with Crippen LogP contribution in [-0.4, -0.2) is 44.2 Å². The van der Waals surface area contributed by atoms with Crippen molar-refractivity contribution in [3.63, 3.8) is 0 Å². The maximum atomic E-state index is 12.7. The van der Waals surface area contributed by atoms with E-state index in [1.807, 2.05) is 25.1 Å². The second kappa shape index (κ2) is 10.2. The number of guanidine groups is 1. The van der Waals surface area contributed by atoms with Crippen LogP contribution >= 0.6 is 11.6 Å². The van der Waals surface area contributed by atoms with E-state index in [2.05, 4.69) is 20.4 Å². The highest BCUT2D eigenvalue weighted by atomic mass is 35.5. The number of carbonyl (C=O) groups excluding carboxylic acids is 2. The number of ether oxygens (including phenoxy) is 2. The number of nitrogens with one attached hydrogen (secondary N) is 2. The van der Waals surface area contributed by atoms with Gasteiger partial charge in [-0.05, 0) is 61.7 Å². The smallest absolute Gasteiger partial charge is 0.337 e. The van der Waals surface area contributed by atoms with E-state index in [0.717, 1.165) is 25.0 Å². The first-order chi connectivity index (χ1) is 14.5. The molecule has 1 fully saturated rings. The number of rotatable bonds is 5. The number of halogens is 1. The van der Waals surface area contributed by atoms with Crippen molar-refractivity contribution in [1.29, 1.82) is 0 Å². The number of anilines is 1. The molecule has 2 aromatic carbocycles. The van der Waals surface area contributed by atoms with Gasteiger partial charge in [-0.2, -0.15) is 0 Å². The van der Waals surface area contributed by atoms with E-state index in [9.17, 15) is 9.59 Å². The summed E-state index contributed by atoms with van der Waals surface area (Å²) in [5, 5.41) is 6.40. The maximum absolute atomic E-state index is 12.7. The van der Waals surface area contributed by atoms with Gasteiger partial charge in [-0.25, -0.2) is 9.79 Å². The van der Waals surface area contributed by atoms with Gasteiger partial charge in [0, 0.05) is 12.2 Å². The molecule has 30 heavy (non-hydrogen) atoms. The Morgan fingerprint density at radius 1 is 1.20 bits per heavy atom. The van der Waals surface area contributed by atoms with Crippen molar-refractivity contribution in [2.75, 3.05) is 25.6 Å². The van der Waals surface area contributed by atoms with Crippen LogP contribution in [0, 0.1) is 6.92 Å². The van der Waals surface area contributed by atoms with Gasteiger partial charge in [-0.1, -0.05) is 17.7 Å². The third kappa shape index (κ3) is 5.81. The number of hydrogen-bond acceptors (Lipinski definition) is 5. The number of aliphatic imine (C=N–C) groups is 1. The van der Waals surface area contributed by atoms with Gasteiger partial charge in [-0.15, -0.1) is 0 Å². The first-order valence-corrected chi connectivity index (χ1v) is 10.0. The summed E-state index contributed by atoms with van der Waals surface area (Å²) in [4.78, 5) is 28.8. The standard InChI is InChI=1S/C22H24ClN3O4/c1-14-5-10-19(18(23)12-14)25-22(24-13-17-4-3-11-30-17)26-20(27)15-6-8-16(9-7-15)21(28)29-2/h5-10,12,17H,3-4,11,13H2,1-2H3,(H2,24,25,26,27). The van der Waals surface area contributed by atoms with Crippen LogP contribution < -0.4 is 10.6 Å². The molecule has 1 saturated heterocycles. The zero-order valence-corrected chi connectivity index (χ0v) is 17.7. The fourth-order valence-corrected chi connectivity index (χ4v) is 3.28. The van der Waals surface area contributed by atoms with Crippen molar-refractivity contribution in [2.45, 2.75) is 25.9 Å². The lowest BCUT2D eigenvalue weighted by Gasteiger charge is -2.14. The number of hydrogen-bond donors (Lipinski definition) is 2. The SMILES string of the molecule is COC(=O)c1ccc(C(=O)NC(=NCC2CCCO2)Nc2ccc(C)cc2Cl)cc1. The normalized spacial score (nSPS) is 16.2. The van der Waals surface area contributed by atoms with Gasteiger partial charge in [0.2, 0.25) is 5.96 Å². The minimum absolute atomic E-state index is 0.0338. The summed E-state index contributed by atoms with van der Waals surface area (Å²) in [6.45, 7) is 3.10. The summed E-state index contributed by atoms with van der Waals surface area (Å²) >= 11 is 6.32. The molecule has 1 unspecified atom stereocenters. The number of carbonyl (C=O) groups is 2. The van der Waals surface area contributed by atoms with Gasteiger partial charge in [0.15, 0.2) is 0 Å². The highest BCUT2D eigenvalue weighted by molar-refractivity contribution is 6.34. The summed E-state index contributed by atoms with van der Waals surface area (Å²) in [6, 6.07) is 11.8. The van der Waals surface area contributed by atoms with Crippen LogP contribution in [0.2, 0.25) is 5.02 Å². The van der Waals surface area contributed by atoms with E-state index in [-0.39, 0.29) is 18.0 Å². The maximum Gasteiger partial charge on any atom is 0.337 e. The quantitative estimate of drug-likeness (QED) is 0.428. The summed E-state index contributed by atoms with van der Waals surface area (Å²) in [5.41, 5.74) is 2.41. The zero-order chi connectivity index (χ0) is 21.5. The third-order valence-electron chi connectivity index (χ3n) is 4.65. The Hall–Kier alpha value is -2.90. The van der Waals surface area contributed by atoms with Crippen LogP contribution in [0.1, 0.15) is 39.1 Å². The van der Waals surface area contributed by atoms with E-state index in [4.69, 9.17) is 16.3 Å². The molecule has 2 N–H and O–H groups in total. The lowest BCUT2D eigenvalue weighted by molar-refractivity contribution is 0.0600. The molecule has 0 bridgehead atoms. The van der Waals surface area contributed by atoms with Crippen molar-refractivity contribution < 1.29 is 19.1 Å². The molecule has 3 rings (SSSR count). The predicted octanol–water partition coefficient (Wildman–Crippen LogP) is 3.81. The molecule has 8 heteroatoms. The van der Waals surface area contributed by atoms with E-state index >= 15 is 0 Å². The van der Waals surface area contributed by atoms with Crippen molar-refractivity contribution in [2.24, 2.45) is 4.99 Å². The van der Waals surface area contributed by atoms with Crippen LogP contribution in [0.4, 0.5) is 5.69 Å². The molecule has 0 spiro atoms. The van der Waals surface area contributed by atoms with E-state index < -0.39 is 5.97 Å². The molecular weight excluding hydrogens is 406 g/mol. The fraction of sp³-hybridized carbons (Fsp3) is 0.318. The molecule has 0 saturated carbocycles. The monoisotopic (exact) mass is 429 g/mol. The molecule has 0 radical (unpaired) electrons. The summed E-state index contributed by atoms with van der Waals surface area (Å²) < 4.78 is 10.3. The first-order valence-electron chi connectivity index (χ1n) is 9.65. The summed E-state index contributed by atoms with van der Waals surface area (Å²) in [7, 11) is 1.31. The molecule has 158 valence electrons. The number of benzene rings is 2. The van der Waals surface area contributed by atoms with Crippen molar-refractivity contribution >= 4 is 35.1 Å². The number of aryl methyl sites for hydroxylation is 1. The van der Waals surface area contributed by atoms with E-state index in [1.54, 1.807) is 12.1 Å². The Bertz CT molecular complexity index is 938. The number of methoxy groups -OCH3 is 1. The van der Waals surface area contributed by atoms with Gasteiger partial charge in [0.05, 0.1) is 36.0 Å². The summed E-state index contributed by atoms with van der Waals surface area (Å²) in [5.74, 6) is -0.553. The van der Waals surface area contributed by atoms with E-state index in [0.29, 0.717) is 28.4 Å². The Morgan fingerprint density at radius 3 is 2.57 bits per heavy atom. The van der Waals surface area contributed by atoms with Crippen LogP contribution in [0.15, 0.2) is 47.5 Å². The Balaban J connectivity index is 1.75. The molecule has 7 nitrogen and oxygen atoms in total. The van der Waals surface area contributed by atoms with Crippen molar-refractivity contribution in [3.8, 4) is 0 Å². The third-order valence-corrected chi connectivity index (χ3v) is 4.97. The highest BCUT2D eigenvalue weighted by Gasteiger charge is 2.17. The number of esters is 1. The molecule has 1 heterocycles. The summed E-state index contributed by atoms with van der Waals surface area (Å²) in [6.07, 6.45) is 1.97. The zero-order valence-electron chi connectivity index (χ0n) is 16.9. The second-order valence-corrected chi connectivity index (χ2v) is 7.36. The average Bonchev–Trinajstić information content (AvgIpc) is 3.27. The molecule has 1 aliphatic heterocycles. The highest BCUT2D eigenvalue weighted by Crippen LogP contribution is 2.22. The van der Waals surface area contributed by atoms with Crippen LogP contribution in [0.25, 0.3) is 0 Å². The molecular formula is C22H24ClN3O4. The minimum Gasteiger partial charge on any atom is -0.465 e. The lowest BCUT2D eigenvalue weighted by atomic mass is 10.1. The topological polar surface area (TPSA) is 89.0 Å². The average molecular weight is 430 g/mol. The molecule has 1 atom stereocenters. The largest absolute Gasteiger partial charge is 0.465 e. The molecule has 0 aliphatic carbocycles. The minimum atomic E-state index is -0.462. The molecule has 0 aromatic heterocycles.